The number of aromatic nitrogens is 2. The number of nitrogens with two attached hydrogens (primary N) is 1. The van der Waals surface area contributed by atoms with Gasteiger partial charge in [0.15, 0.2) is 0 Å². The van der Waals surface area contributed by atoms with Crippen LogP contribution < -0.4 is 10.5 Å². The van der Waals surface area contributed by atoms with E-state index in [1.54, 1.807) is 7.11 Å². The van der Waals surface area contributed by atoms with Gasteiger partial charge in [-0.2, -0.15) is 4.98 Å². The van der Waals surface area contributed by atoms with Crippen LogP contribution in [0.25, 0.3) is 11.4 Å². The Labute approximate surface area is 118 Å². The highest BCUT2D eigenvalue weighted by atomic mass is 16.5. The zero-order valence-corrected chi connectivity index (χ0v) is 11.6. The molecule has 3 rings (SSSR count). The third-order valence-electron chi connectivity index (χ3n) is 3.92. The maximum absolute atomic E-state index is 6.34. The summed E-state index contributed by atoms with van der Waals surface area (Å²) in [6.07, 6.45) is 5.07. The number of hydrogen-bond donors (Lipinski definition) is 1. The molecule has 1 aliphatic rings. The third kappa shape index (κ3) is 2.54. The first-order chi connectivity index (χ1) is 9.70. The number of benzene rings is 1. The molecular formula is C15H19N3O2. The van der Waals surface area contributed by atoms with Crippen LogP contribution in [0.15, 0.2) is 28.8 Å². The zero-order chi connectivity index (χ0) is 14.0. The van der Waals surface area contributed by atoms with Gasteiger partial charge in [-0.3, -0.25) is 0 Å². The Morgan fingerprint density at radius 1 is 1.30 bits per heavy atom. The van der Waals surface area contributed by atoms with E-state index in [0.717, 1.165) is 24.2 Å². The summed E-state index contributed by atoms with van der Waals surface area (Å²) in [5.74, 6) is 1.90. The van der Waals surface area contributed by atoms with Crippen molar-refractivity contribution in [1.82, 2.24) is 10.1 Å². The van der Waals surface area contributed by atoms with Crippen molar-refractivity contribution in [3.05, 3.63) is 30.2 Å². The van der Waals surface area contributed by atoms with Crippen LogP contribution in [0.4, 0.5) is 0 Å². The summed E-state index contributed by atoms with van der Waals surface area (Å²) in [7, 11) is 1.63. The van der Waals surface area contributed by atoms with E-state index in [2.05, 4.69) is 10.1 Å². The van der Waals surface area contributed by atoms with Crippen LogP contribution in [-0.4, -0.2) is 22.8 Å². The van der Waals surface area contributed by atoms with Crippen molar-refractivity contribution in [3.8, 4) is 17.1 Å². The molecular weight excluding hydrogens is 254 g/mol. The van der Waals surface area contributed by atoms with E-state index in [1.165, 1.54) is 12.8 Å². The van der Waals surface area contributed by atoms with Gasteiger partial charge >= 0.3 is 0 Å². The monoisotopic (exact) mass is 273 g/mol. The number of ether oxygens (including phenoxy) is 1. The first kappa shape index (κ1) is 13.1. The maximum Gasteiger partial charge on any atom is 0.228 e. The van der Waals surface area contributed by atoms with Gasteiger partial charge in [-0.1, -0.05) is 30.1 Å². The summed E-state index contributed by atoms with van der Waals surface area (Å²) in [5.41, 5.74) is 7.00. The Bertz CT molecular complexity index is 588. The second kappa shape index (κ2) is 5.25. The fraction of sp³-hybridized carbons (Fsp3) is 0.467. The van der Waals surface area contributed by atoms with Crippen LogP contribution in [0.1, 0.15) is 31.6 Å². The molecule has 0 amide bonds. The summed E-state index contributed by atoms with van der Waals surface area (Å²) in [5, 5.41) is 4.05. The van der Waals surface area contributed by atoms with Crippen LogP contribution in [0, 0.1) is 0 Å². The molecule has 0 bridgehead atoms. The minimum absolute atomic E-state index is 0.176. The highest BCUT2D eigenvalue weighted by Crippen LogP contribution is 2.31. The fourth-order valence-electron chi connectivity index (χ4n) is 2.82. The number of nitrogens with zero attached hydrogens (tertiary/aromatic N) is 2. The predicted octanol–water partition coefficient (Wildman–Crippen LogP) is 2.56. The van der Waals surface area contributed by atoms with Crippen LogP contribution in [0.3, 0.4) is 0 Å². The van der Waals surface area contributed by atoms with E-state index < -0.39 is 0 Å². The molecule has 1 aromatic carbocycles. The van der Waals surface area contributed by atoms with Crippen molar-refractivity contribution in [2.45, 2.75) is 37.6 Å². The van der Waals surface area contributed by atoms with Gasteiger partial charge in [0.25, 0.3) is 0 Å². The molecule has 5 heteroatoms. The van der Waals surface area contributed by atoms with Crippen molar-refractivity contribution >= 4 is 0 Å². The minimum Gasteiger partial charge on any atom is -0.496 e. The fourth-order valence-corrected chi connectivity index (χ4v) is 2.82. The lowest BCUT2D eigenvalue weighted by Gasteiger charge is -2.20. The summed E-state index contributed by atoms with van der Waals surface area (Å²) in [6.45, 7) is 0. The van der Waals surface area contributed by atoms with Gasteiger partial charge in [-0.25, -0.2) is 0 Å². The molecule has 0 spiro atoms. The summed E-state index contributed by atoms with van der Waals surface area (Å²) < 4.78 is 10.7. The Balaban J connectivity index is 1.83. The highest BCUT2D eigenvalue weighted by Gasteiger charge is 2.31. The second-order valence-electron chi connectivity index (χ2n) is 5.46. The maximum atomic E-state index is 6.34. The number of methoxy groups -OCH3 is 1. The normalized spacial score (nSPS) is 17.3. The molecule has 1 saturated carbocycles. The van der Waals surface area contributed by atoms with Gasteiger partial charge < -0.3 is 15.0 Å². The Hall–Kier alpha value is -1.88. The van der Waals surface area contributed by atoms with Crippen molar-refractivity contribution in [1.29, 1.82) is 0 Å². The minimum atomic E-state index is -0.176. The molecule has 2 N–H and O–H groups in total. The van der Waals surface area contributed by atoms with Crippen LogP contribution in [0.2, 0.25) is 0 Å². The smallest absolute Gasteiger partial charge is 0.228 e. The topological polar surface area (TPSA) is 74.2 Å². The largest absolute Gasteiger partial charge is 0.496 e. The van der Waals surface area contributed by atoms with Crippen LogP contribution in [0.5, 0.6) is 5.75 Å². The Morgan fingerprint density at radius 2 is 2.05 bits per heavy atom. The van der Waals surface area contributed by atoms with Gasteiger partial charge in [-0.15, -0.1) is 0 Å². The summed E-state index contributed by atoms with van der Waals surface area (Å²) in [6, 6.07) is 7.64. The molecule has 1 aromatic heterocycles. The summed E-state index contributed by atoms with van der Waals surface area (Å²) >= 11 is 0. The molecule has 2 aromatic rings. The van der Waals surface area contributed by atoms with E-state index in [1.807, 2.05) is 24.3 Å². The van der Waals surface area contributed by atoms with Gasteiger partial charge in [0.05, 0.1) is 12.7 Å². The van der Waals surface area contributed by atoms with Gasteiger partial charge in [0, 0.05) is 12.0 Å². The van der Waals surface area contributed by atoms with E-state index in [9.17, 15) is 0 Å². The van der Waals surface area contributed by atoms with E-state index >= 15 is 0 Å². The quantitative estimate of drug-likeness (QED) is 0.926. The molecule has 0 atom stereocenters. The third-order valence-corrected chi connectivity index (χ3v) is 3.92. The van der Waals surface area contributed by atoms with Gasteiger partial charge in [-0.05, 0) is 25.0 Å². The number of hydrogen-bond acceptors (Lipinski definition) is 5. The molecule has 0 unspecified atom stereocenters. The predicted molar refractivity (Wildman–Crippen MR) is 75.4 cm³/mol. The van der Waals surface area contributed by atoms with E-state index in [-0.39, 0.29) is 5.54 Å². The molecule has 106 valence electrons. The van der Waals surface area contributed by atoms with E-state index in [4.69, 9.17) is 15.0 Å². The number of para-hydroxylation sites is 1. The average molecular weight is 273 g/mol. The lowest BCUT2D eigenvalue weighted by atomic mass is 9.95. The number of rotatable bonds is 4. The highest BCUT2D eigenvalue weighted by molar-refractivity contribution is 5.63. The standard InChI is InChI=1S/C15H19N3O2/c1-19-12-7-3-2-6-11(12)14-17-13(20-18-14)10-15(16)8-4-5-9-15/h2-3,6-7H,4-5,8-10,16H2,1H3. The first-order valence-corrected chi connectivity index (χ1v) is 6.95. The molecule has 5 nitrogen and oxygen atoms in total. The Kier molecular flexibility index (Phi) is 3.44. The zero-order valence-electron chi connectivity index (χ0n) is 11.6. The van der Waals surface area contributed by atoms with E-state index in [0.29, 0.717) is 18.1 Å². The molecule has 0 radical (unpaired) electrons. The van der Waals surface area contributed by atoms with Crippen molar-refractivity contribution in [3.63, 3.8) is 0 Å². The lowest BCUT2D eigenvalue weighted by molar-refractivity contribution is 0.329. The lowest BCUT2D eigenvalue weighted by Crippen LogP contribution is -2.38. The van der Waals surface area contributed by atoms with Crippen LogP contribution in [-0.2, 0) is 6.42 Å². The Morgan fingerprint density at radius 3 is 2.80 bits per heavy atom. The van der Waals surface area contributed by atoms with Crippen molar-refractivity contribution < 1.29 is 9.26 Å². The van der Waals surface area contributed by atoms with Crippen molar-refractivity contribution in [2.24, 2.45) is 5.73 Å². The van der Waals surface area contributed by atoms with Crippen LogP contribution >= 0.6 is 0 Å². The van der Waals surface area contributed by atoms with Gasteiger partial charge in [0.1, 0.15) is 5.75 Å². The second-order valence-corrected chi connectivity index (χ2v) is 5.46. The van der Waals surface area contributed by atoms with Gasteiger partial charge in [0.2, 0.25) is 11.7 Å². The molecule has 20 heavy (non-hydrogen) atoms. The SMILES string of the molecule is COc1ccccc1-c1noc(CC2(N)CCCC2)n1. The van der Waals surface area contributed by atoms with Crippen molar-refractivity contribution in [2.75, 3.05) is 7.11 Å². The molecule has 0 aliphatic heterocycles. The molecule has 1 fully saturated rings. The average Bonchev–Trinajstić information content (AvgIpc) is 3.08. The summed E-state index contributed by atoms with van der Waals surface area (Å²) in [4.78, 5) is 4.46. The molecule has 1 heterocycles. The molecule has 0 saturated heterocycles. The first-order valence-electron chi connectivity index (χ1n) is 6.95. The molecule has 1 aliphatic carbocycles.